The molecule has 0 spiro atoms. The summed E-state index contributed by atoms with van der Waals surface area (Å²) in [6.45, 7) is 2.24. The lowest BCUT2D eigenvalue weighted by Gasteiger charge is -2.33. The van der Waals surface area contributed by atoms with E-state index in [4.69, 9.17) is 4.42 Å². The highest BCUT2D eigenvalue weighted by atomic mass is 32.2. The third-order valence-electron chi connectivity index (χ3n) is 4.01. The van der Waals surface area contributed by atoms with Gasteiger partial charge >= 0.3 is 0 Å². The van der Waals surface area contributed by atoms with E-state index in [9.17, 15) is 5.11 Å². The Hall–Kier alpha value is -0.450. The Labute approximate surface area is 112 Å². The first-order valence-electron chi connectivity index (χ1n) is 6.79. The highest BCUT2D eigenvalue weighted by Gasteiger charge is 2.47. The minimum atomic E-state index is -0.0739. The van der Waals surface area contributed by atoms with E-state index in [1.807, 2.05) is 24.8 Å². The first-order chi connectivity index (χ1) is 8.73. The Balaban J connectivity index is 1.66. The van der Waals surface area contributed by atoms with Crippen LogP contribution in [0.4, 0.5) is 0 Å². The van der Waals surface area contributed by atoms with E-state index in [-0.39, 0.29) is 12.1 Å². The van der Waals surface area contributed by atoms with Crippen molar-refractivity contribution in [3.63, 3.8) is 0 Å². The molecule has 4 heteroatoms. The van der Waals surface area contributed by atoms with Crippen LogP contribution in [0.1, 0.15) is 31.4 Å². The summed E-state index contributed by atoms with van der Waals surface area (Å²) in [7, 11) is 0. The van der Waals surface area contributed by atoms with Crippen molar-refractivity contribution in [3.8, 4) is 0 Å². The Bertz CT molecular complexity index is 412. The number of aliphatic hydroxyl groups excluding tert-OH is 1. The standard InChI is InChI=1S/C14H21NO2S/c1-10-13(6-7-17-10)18-9-14(8-16,11-2-3-11)15-12-4-5-12/h6-7,11-12,15-16H,2-5,8-9H2,1H3. The average Bonchev–Trinajstić information content (AvgIpc) is 3.26. The lowest BCUT2D eigenvalue weighted by atomic mass is 9.96. The zero-order valence-electron chi connectivity index (χ0n) is 10.8. The fraction of sp³-hybridized carbons (Fsp3) is 0.714. The summed E-state index contributed by atoms with van der Waals surface area (Å²) < 4.78 is 5.33. The van der Waals surface area contributed by atoms with Gasteiger partial charge in [0.25, 0.3) is 0 Å². The molecular weight excluding hydrogens is 246 g/mol. The zero-order chi connectivity index (χ0) is 12.6. The second-order valence-corrected chi connectivity index (χ2v) is 6.65. The molecule has 2 aliphatic carbocycles. The molecule has 1 unspecified atom stereocenters. The predicted octanol–water partition coefficient (Wildman–Crippen LogP) is 2.57. The Morgan fingerprint density at radius 1 is 1.44 bits per heavy atom. The molecule has 1 heterocycles. The molecule has 18 heavy (non-hydrogen) atoms. The van der Waals surface area contributed by atoms with E-state index in [2.05, 4.69) is 5.32 Å². The number of aliphatic hydroxyl groups is 1. The fourth-order valence-corrected chi connectivity index (χ4v) is 3.72. The summed E-state index contributed by atoms with van der Waals surface area (Å²) in [5.41, 5.74) is -0.0739. The van der Waals surface area contributed by atoms with Crippen molar-refractivity contribution in [1.29, 1.82) is 0 Å². The van der Waals surface area contributed by atoms with Crippen LogP contribution in [0.15, 0.2) is 21.6 Å². The van der Waals surface area contributed by atoms with Crippen LogP contribution in [0.3, 0.4) is 0 Å². The van der Waals surface area contributed by atoms with Crippen molar-refractivity contribution in [1.82, 2.24) is 5.32 Å². The van der Waals surface area contributed by atoms with E-state index in [0.29, 0.717) is 12.0 Å². The van der Waals surface area contributed by atoms with Gasteiger partial charge in [-0.2, -0.15) is 0 Å². The summed E-state index contributed by atoms with van der Waals surface area (Å²) in [4.78, 5) is 1.20. The van der Waals surface area contributed by atoms with Crippen molar-refractivity contribution < 1.29 is 9.52 Å². The number of thioether (sulfide) groups is 1. The zero-order valence-corrected chi connectivity index (χ0v) is 11.6. The van der Waals surface area contributed by atoms with Crippen molar-refractivity contribution in [2.75, 3.05) is 12.4 Å². The third-order valence-corrected chi connectivity index (χ3v) is 5.40. The maximum atomic E-state index is 9.86. The number of furan rings is 1. The van der Waals surface area contributed by atoms with Crippen LogP contribution in [0.25, 0.3) is 0 Å². The van der Waals surface area contributed by atoms with Crippen molar-refractivity contribution in [2.45, 2.75) is 49.1 Å². The smallest absolute Gasteiger partial charge is 0.114 e. The van der Waals surface area contributed by atoms with Crippen LogP contribution < -0.4 is 5.32 Å². The lowest BCUT2D eigenvalue weighted by molar-refractivity contribution is 0.157. The molecule has 1 aromatic rings. The van der Waals surface area contributed by atoms with Gasteiger partial charge in [-0.1, -0.05) is 0 Å². The SMILES string of the molecule is Cc1occc1SCC(CO)(NC1CC1)C1CC1. The molecule has 0 aliphatic heterocycles. The second kappa shape index (κ2) is 4.91. The highest BCUT2D eigenvalue weighted by molar-refractivity contribution is 7.99. The molecule has 0 amide bonds. The van der Waals surface area contributed by atoms with Crippen molar-refractivity contribution in [3.05, 3.63) is 18.1 Å². The maximum Gasteiger partial charge on any atom is 0.114 e. The number of rotatable bonds is 7. The van der Waals surface area contributed by atoms with Crippen molar-refractivity contribution >= 4 is 11.8 Å². The molecule has 0 saturated heterocycles. The Morgan fingerprint density at radius 3 is 2.72 bits per heavy atom. The number of aryl methyl sites for hydroxylation is 1. The van der Waals surface area contributed by atoms with Crippen molar-refractivity contribution in [2.24, 2.45) is 5.92 Å². The van der Waals surface area contributed by atoms with E-state index < -0.39 is 0 Å². The minimum Gasteiger partial charge on any atom is -0.468 e. The number of nitrogens with one attached hydrogen (secondary N) is 1. The molecule has 3 rings (SSSR count). The van der Waals surface area contributed by atoms with Gasteiger partial charge in [0, 0.05) is 16.7 Å². The molecular formula is C14H21NO2S. The largest absolute Gasteiger partial charge is 0.468 e. The van der Waals surface area contributed by atoms with Crippen LogP contribution in [-0.4, -0.2) is 29.0 Å². The van der Waals surface area contributed by atoms with Crippen LogP contribution in [0.5, 0.6) is 0 Å². The normalized spacial score (nSPS) is 23.0. The maximum absolute atomic E-state index is 9.86. The summed E-state index contributed by atoms with van der Waals surface area (Å²) in [5, 5.41) is 13.6. The molecule has 0 radical (unpaired) electrons. The van der Waals surface area contributed by atoms with E-state index >= 15 is 0 Å². The quantitative estimate of drug-likeness (QED) is 0.745. The molecule has 0 bridgehead atoms. The summed E-state index contributed by atoms with van der Waals surface area (Å²) in [5.74, 6) is 2.57. The highest BCUT2D eigenvalue weighted by Crippen LogP contribution is 2.44. The van der Waals surface area contributed by atoms with Gasteiger partial charge in [-0.3, -0.25) is 0 Å². The van der Waals surface area contributed by atoms with Gasteiger partial charge in [0.2, 0.25) is 0 Å². The molecule has 1 aromatic heterocycles. The monoisotopic (exact) mass is 267 g/mol. The van der Waals surface area contributed by atoms with Gasteiger partial charge in [0.15, 0.2) is 0 Å². The van der Waals surface area contributed by atoms with Gasteiger partial charge in [-0.15, -0.1) is 11.8 Å². The number of hydrogen-bond donors (Lipinski definition) is 2. The van der Waals surface area contributed by atoms with Gasteiger partial charge in [0.1, 0.15) is 5.76 Å². The first kappa shape index (κ1) is 12.6. The molecule has 2 fully saturated rings. The molecule has 2 aliphatic rings. The third kappa shape index (κ3) is 2.60. The van der Waals surface area contributed by atoms with E-state index in [0.717, 1.165) is 11.5 Å². The summed E-state index contributed by atoms with van der Waals surface area (Å²) in [6, 6.07) is 2.66. The fourth-order valence-electron chi connectivity index (χ4n) is 2.50. The number of hydrogen-bond acceptors (Lipinski definition) is 4. The topological polar surface area (TPSA) is 45.4 Å². The Kier molecular flexibility index (Phi) is 3.43. The molecule has 2 N–H and O–H groups in total. The van der Waals surface area contributed by atoms with Crippen LogP contribution in [0, 0.1) is 12.8 Å². The minimum absolute atomic E-state index is 0.0739. The summed E-state index contributed by atoms with van der Waals surface area (Å²) >= 11 is 1.81. The van der Waals surface area contributed by atoms with Crippen LogP contribution in [0.2, 0.25) is 0 Å². The van der Waals surface area contributed by atoms with E-state index in [1.54, 1.807) is 6.26 Å². The molecule has 2 saturated carbocycles. The molecule has 0 aromatic carbocycles. The molecule has 3 nitrogen and oxygen atoms in total. The second-order valence-electron chi connectivity index (χ2n) is 5.64. The van der Waals surface area contributed by atoms with Gasteiger partial charge in [0.05, 0.1) is 18.4 Å². The van der Waals surface area contributed by atoms with Gasteiger partial charge < -0.3 is 14.8 Å². The molecule has 1 atom stereocenters. The van der Waals surface area contributed by atoms with Gasteiger partial charge in [-0.25, -0.2) is 0 Å². The summed E-state index contributed by atoms with van der Waals surface area (Å²) in [6.07, 6.45) is 6.79. The first-order valence-corrected chi connectivity index (χ1v) is 7.77. The average molecular weight is 267 g/mol. The van der Waals surface area contributed by atoms with Crippen LogP contribution in [-0.2, 0) is 0 Å². The Morgan fingerprint density at radius 2 is 2.22 bits per heavy atom. The lowest BCUT2D eigenvalue weighted by Crippen LogP contribution is -2.53. The van der Waals surface area contributed by atoms with E-state index in [1.165, 1.54) is 30.6 Å². The molecule has 100 valence electrons. The van der Waals surface area contributed by atoms with Gasteiger partial charge in [-0.05, 0) is 44.6 Å². The predicted molar refractivity (Wildman–Crippen MR) is 72.9 cm³/mol. The van der Waals surface area contributed by atoms with Crippen LogP contribution >= 0.6 is 11.8 Å².